The van der Waals surface area contributed by atoms with Crippen molar-refractivity contribution in [2.75, 3.05) is 12.4 Å². The van der Waals surface area contributed by atoms with Gasteiger partial charge in [-0.2, -0.15) is 4.68 Å². The van der Waals surface area contributed by atoms with Gasteiger partial charge in [0.1, 0.15) is 0 Å². The summed E-state index contributed by atoms with van der Waals surface area (Å²) in [5, 5.41) is 15.8. The molecule has 0 amide bonds. The van der Waals surface area contributed by atoms with E-state index < -0.39 is 0 Å². The van der Waals surface area contributed by atoms with Crippen LogP contribution in [0.15, 0.2) is 24.3 Å². The van der Waals surface area contributed by atoms with Gasteiger partial charge < -0.3 is 10.2 Å². The largest absolute Gasteiger partial charge is 0.350 e. The van der Waals surface area contributed by atoms with Gasteiger partial charge in [-0.05, 0) is 62.2 Å². The van der Waals surface area contributed by atoms with E-state index in [1.807, 2.05) is 0 Å². The topological polar surface area (TPSA) is 58.9 Å². The van der Waals surface area contributed by atoms with Gasteiger partial charge in [0.2, 0.25) is 5.95 Å². The third-order valence-corrected chi connectivity index (χ3v) is 5.42. The van der Waals surface area contributed by atoms with E-state index in [1.54, 1.807) is 4.68 Å². The number of anilines is 1. The van der Waals surface area contributed by atoms with E-state index >= 15 is 0 Å². The molecule has 2 unspecified atom stereocenters. The summed E-state index contributed by atoms with van der Waals surface area (Å²) in [6.45, 7) is 2.08. The molecular weight excluding hydrogens is 288 g/mol. The van der Waals surface area contributed by atoms with Crippen molar-refractivity contribution in [3.63, 3.8) is 0 Å². The molecule has 6 heteroatoms. The van der Waals surface area contributed by atoms with E-state index in [1.165, 1.54) is 37.7 Å². The van der Waals surface area contributed by atoms with Crippen LogP contribution in [-0.4, -0.2) is 50.3 Å². The van der Waals surface area contributed by atoms with E-state index in [2.05, 4.69) is 64.0 Å². The van der Waals surface area contributed by atoms with Crippen molar-refractivity contribution in [1.82, 2.24) is 25.1 Å². The fraction of sp³-hybridized carbons (Fsp3) is 0.588. The zero-order valence-corrected chi connectivity index (χ0v) is 13.8. The first-order chi connectivity index (χ1) is 11.2. The second-order valence-corrected chi connectivity index (χ2v) is 6.97. The lowest BCUT2D eigenvalue weighted by Crippen LogP contribution is -2.53. The highest BCUT2D eigenvalue weighted by molar-refractivity contribution is 5.40. The number of nitrogens with one attached hydrogen (secondary N) is 1. The number of tetrazole rings is 1. The fourth-order valence-electron chi connectivity index (χ4n) is 4.05. The van der Waals surface area contributed by atoms with Crippen molar-refractivity contribution >= 4 is 5.95 Å². The Hall–Kier alpha value is -1.95. The van der Waals surface area contributed by atoms with E-state index in [-0.39, 0.29) is 0 Å². The Balaban J connectivity index is 1.52. The molecule has 3 heterocycles. The summed E-state index contributed by atoms with van der Waals surface area (Å²) in [5.41, 5.74) is 2.23. The highest BCUT2D eigenvalue weighted by atomic mass is 15.6. The highest BCUT2D eigenvalue weighted by Gasteiger charge is 2.36. The van der Waals surface area contributed by atoms with Crippen molar-refractivity contribution in [3.05, 3.63) is 29.8 Å². The average molecular weight is 312 g/mol. The van der Waals surface area contributed by atoms with Crippen LogP contribution in [0.1, 0.15) is 37.7 Å². The van der Waals surface area contributed by atoms with Crippen LogP contribution in [0.25, 0.3) is 5.69 Å². The number of nitrogens with zero attached hydrogens (tertiary/aromatic N) is 5. The third-order valence-electron chi connectivity index (χ3n) is 5.42. The highest BCUT2D eigenvalue weighted by Crippen LogP contribution is 2.33. The van der Waals surface area contributed by atoms with Crippen LogP contribution >= 0.6 is 0 Å². The molecule has 0 spiro atoms. The molecule has 1 aromatic carbocycles. The first-order valence-electron chi connectivity index (χ1n) is 8.54. The maximum absolute atomic E-state index is 4.20. The standard InChI is InChI=1S/C17H24N6/c1-12-6-8-14(9-7-12)23-17(19-20-21-23)18-13-10-15-4-3-5-16(11-13)22(15)2/h6-9,13,15-16H,3-5,10-11H2,1-2H3,(H,18,19,21). The smallest absolute Gasteiger partial charge is 0.247 e. The molecule has 2 saturated heterocycles. The summed E-state index contributed by atoms with van der Waals surface area (Å²) >= 11 is 0. The molecule has 2 bridgehead atoms. The molecule has 6 nitrogen and oxygen atoms in total. The first kappa shape index (κ1) is 14.6. The summed E-state index contributed by atoms with van der Waals surface area (Å²) in [6, 6.07) is 10.1. The number of aromatic nitrogens is 4. The quantitative estimate of drug-likeness (QED) is 0.943. The number of rotatable bonds is 3. The van der Waals surface area contributed by atoms with Crippen molar-refractivity contribution < 1.29 is 0 Å². The molecule has 2 aromatic rings. The number of aryl methyl sites for hydroxylation is 1. The second kappa shape index (κ2) is 5.92. The first-order valence-corrected chi connectivity index (χ1v) is 8.54. The van der Waals surface area contributed by atoms with Gasteiger partial charge in [-0.15, -0.1) is 0 Å². The van der Waals surface area contributed by atoms with Gasteiger partial charge in [0, 0.05) is 18.1 Å². The third kappa shape index (κ3) is 2.83. The van der Waals surface area contributed by atoms with Crippen LogP contribution < -0.4 is 5.32 Å². The Morgan fingerprint density at radius 2 is 1.78 bits per heavy atom. The van der Waals surface area contributed by atoms with Crippen molar-refractivity contribution in [2.24, 2.45) is 0 Å². The zero-order valence-electron chi connectivity index (χ0n) is 13.8. The van der Waals surface area contributed by atoms with E-state index in [4.69, 9.17) is 0 Å². The number of hydrogen-bond donors (Lipinski definition) is 1. The van der Waals surface area contributed by atoms with Crippen LogP contribution in [0.2, 0.25) is 0 Å². The SMILES string of the molecule is Cc1ccc(-n2nnnc2NC2CC3CCCC(C2)N3C)cc1. The number of piperidine rings is 2. The molecule has 4 rings (SSSR count). The van der Waals surface area contributed by atoms with Gasteiger partial charge >= 0.3 is 0 Å². The molecule has 122 valence electrons. The van der Waals surface area contributed by atoms with Crippen LogP contribution in [0, 0.1) is 6.92 Å². The van der Waals surface area contributed by atoms with Gasteiger partial charge in [-0.3, -0.25) is 0 Å². The predicted molar refractivity (Wildman–Crippen MR) is 89.7 cm³/mol. The minimum Gasteiger partial charge on any atom is -0.350 e. The maximum atomic E-state index is 4.20. The molecule has 2 fully saturated rings. The van der Waals surface area contributed by atoms with E-state index in [0.717, 1.165) is 11.6 Å². The molecule has 1 aromatic heterocycles. The van der Waals surface area contributed by atoms with Gasteiger partial charge in [0.05, 0.1) is 5.69 Å². The molecule has 1 N–H and O–H groups in total. The Kier molecular flexibility index (Phi) is 3.77. The summed E-state index contributed by atoms with van der Waals surface area (Å²) < 4.78 is 1.80. The lowest BCUT2D eigenvalue weighted by Gasteiger charge is -2.47. The van der Waals surface area contributed by atoms with Gasteiger partial charge in [0.15, 0.2) is 0 Å². The van der Waals surface area contributed by atoms with E-state index in [0.29, 0.717) is 18.1 Å². The summed E-state index contributed by atoms with van der Waals surface area (Å²) in [5.74, 6) is 0.751. The minimum atomic E-state index is 0.455. The number of fused-ring (bicyclic) bond motifs is 2. The predicted octanol–water partition coefficient (Wildman–Crippen LogP) is 2.40. The van der Waals surface area contributed by atoms with Crippen LogP contribution in [-0.2, 0) is 0 Å². The van der Waals surface area contributed by atoms with Gasteiger partial charge in [-0.1, -0.05) is 29.2 Å². The van der Waals surface area contributed by atoms with Gasteiger partial charge in [-0.25, -0.2) is 0 Å². The Morgan fingerprint density at radius 1 is 1.09 bits per heavy atom. The van der Waals surface area contributed by atoms with Crippen molar-refractivity contribution in [1.29, 1.82) is 0 Å². The molecule has 2 atom stereocenters. The number of benzene rings is 1. The monoisotopic (exact) mass is 312 g/mol. The Morgan fingerprint density at radius 3 is 2.48 bits per heavy atom. The molecular formula is C17H24N6. The molecule has 2 aliphatic rings. The lowest BCUT2D eigenvalue weighted by molar-refractivity contribution is 0.0606. The molecule has 0 saturated carbocycles. The van der Waals surface area contributed by atoms with Crippen molar-refractivity contribution in [2.45, 2.75) is 57.2 Å². The Bertz CT molecular complexity index is 650. The number of hydrogen-bond acceptors (Lipinski definition) is 5. The molecule has 23 heavy (non-hydrogen) atoms. The summed E-state index contributed by atoms with van der Waals surface area (Å²) in [7, 11) is 2.28. The summed E-state index contributed by atoms with van der Waals surface area (Å²) in [6.07, 6.45) is 6.34. The average Bonchev–Trinajstić information content (AvgIpc) is 2.97. The lowest BCUT2D eigenvalue weighted by atomic mass is 9.82. The van der Waals surface area contributed by atoms with Crippen LogP contribution in [0.3, 0.4) is 0 Å². The molecule has 0 radical (unpaired) electrons. The molecule has 2 aliphatic heterocycles. The normalized spacial score (nSPS) is 27.8. The second-order valence-electron chi connectivity index (χ2n) is 6.97. The molecule has 0 aliphatic carbocycles. The van der Waals surface area contributed by atoms with Crippen molar-refractivity contribution in [3.8, 4) is 5.69 Å². The Labute approximate surface area is 136 Å². The maximum Gasteiger partial charge on any atom is 0.247 e. The van der Waals surface area contributed by atoms with E-state index in [9.17, 15) is 0 Å². The minimum absolute atomic E-state index is 0.455. The fourth-order valence-corrected chi connectivity index (χ4v) is 4.05. The zero-order chi connectivity index (χ0) is 15.8. The van der Waals surface area contributed by atoms with Gasteiger partial charge in [0.25, 0.3) is 0 Å². The van der Waals surface area contributed by atoms with Crippen LogP contribution in [0.4, 0.5) is 5.95 Å². The summed E-state index contributed by atoms with van der Waals surface area (Å²) in [4.78, 5) is 2.57. The van der Waals surface area contributed by atoms with Crippen LogP contribution in [0.5, 0.6) is 0 Å².